The normalized spacial score (nSPS) is 18.0. The van der Waals surface area contributed by atoms with E-state index >= 15 is 0 Å². The van der Waals surface area contributed by atoms with Gasteiger partial charge in [0, 0.05) is 41.0 Å². The van der Waals surface area contributed by atoms with Gasteiger partial charge < -0.3 is 15.4 Å². The van der Waals surface area contributed by atoms with E-state index in [0.717, 1.165) is 29.3 Å². The molecule has 0 saturated heterocycles. The molecule has 44 heavy (non-hydrogen) atoms. The molecule has 3 N–H and O–H groups in total. The summed E-state index contributed by atoms with van der Waals surface area (Å²) in [5.74, 6) is 0.193. The van der Waals surface area contributed by atoms with Gasteiger partial charge in [-0.25, -0.2) is 13.1 Å². The van der Waals surface area contributed by atoms with E-state index in [1.165, 1.54) is 43.9 Å². The second kappa shape index (κ2) is 13.7. The van der Waals surface area contributed by atoms with E-state index in [-0.39, 0.29) is 28.1 Å². The van der Waals surface area contributed by atoms with Gasteiger partial charge in [0.15, 0.2) is 0 Å². The standard InChI is InChI=1S/C31H32Cl2F3N3O4S/c32-22-13-20(14-23(33)16-22)28(39-44(41,42)25-7-3-4-21(15-25)31(34,35)36)17-30(40)38-27-10-11-43-29-12-19(8-9-26(27)29)18-37-24-5-1-2-6-24/h3-4,7-9,12-16,24,27-28,37,39H,1-2,5-6,10-11,17-18H2,(H,38,40). The van der Waals surface area contributed by atoms with Crippen molar-refractivity contribution in [2.24, 2.45) is 0 Å². The predicted molar refractivity (Wildman–Crippen MR) is 162 cm³/mol. The summed E-state index contributed by atoms with van der Waals surface area (Å²) in [6.45, 7) is 1.10. The third kappa shape index (κ3) is 8.25. The molecule has 1 aliphatic heterocycles. The second-order valence-corrected chi connectivity index (χ2v) is 13.7. The van der Waals surface area contributed by atoms with Crippen LogP contribution in [0.2, 0.25) is 10.0 Å². The van der Waals surface area contributed by atoms with E-state index in [4.69, 9.17) is 27.9 Å². The molecule has 0 aromatic heterocycles. The number of ether oxygens (including phenoxy) is 1. The maximum Gasteiger partial charge on any atom is 0.416 e. The fourth-order valence-electron chi connectivity index (χ4n) is 5.62. The highest BCUT2D eigenvalue weighted by Gasteiger charge is 2.33. The molecule has 7 nitrogen and oxygen atoms in total. The fourth-order valence-corrected chi connectivity index (χ4v) is 7.44. The summed E-state index contributed by atoms with van der Waals surface area (Å²) in [5, 5.41) is 6.95. The molecule has 1 saturated carbocycles. The highest BCUT2D eigenvalue weighted by atomic mass is 35.5. The molecule has 3 aromatic rings. The number of nitrogens with one attached hydrogen (secondary N) is 3. The Labute approximate surface area is 264 Å². The lowest BCUT2D eigenvalue weighted by molar-refractivity contribution is -0.137. The van der Waals surface area contributed by atoms with Crippen molar-refractivity contribution in [3.63, 3.8) is 0 Å². The molecule has 1 fully saturated rings. The van der Waals surface area contributed by atoms with Gasteiger partial charge in [-0.3, -0.25) is 4.79 Å². The third-order valence-corrected chi connectivity index (χ3v) is 9.75. The monoisotopic (exact) mass is 669 g/mol. The van der Waals surface area contributed by atoms with Crippen LogP contribution >= 0.6 is 23.2 Å². The van der Waals surface area contributed by atoms with Crippen LogP contribution in [0.3, 0.4) is 0 Å². The smallest absolute Gasteiger partial charge is 0.416 e. The molecule has 1 amide bonds. The van der Waals surface area contributed by atoms with E-state index in [9.17, 15) is 26.4 Å². The van der Waals surface area contributed by atoms with E-state index in [1.54, 1.807) is 0 Å². The van der Waals surface area contributed by atoms with Crippen molar-refractivity contribution in [3.8, 4) is 5.75 Å². The SMILES string of the molecule is O=C(CC(NS(=O)(=O)c1cccc(C(F)(F)F)c1)c1cc(Cl)cc(Cl)c1)NC1CCOc2cc(CNC3CCCC3)ccc21. The van der Waals surface area contributed by atoms with Crippen molar-refractivity contribution in [2.75, 3.05) is 6.61 Å². The first-order valence-corrected chi connectivity index (χ1v) is 16.6. The lowest BCUT2D eigenvalue weighted by atomic mass is 9.97. The number of amides is 1. The first-order chi connectivity index (χ1) is 20.9. The zero-order chi connectivity index (χ0) is 31.5. The van der Waals surface area contributed by atoms with E-state index < -0.39 is 38.6 Å². The van der Waals surface area contributed by atoms with Gasteiger partial charge in [0.25, 0.3) is 0 Å². The van der Waals surface area contributed by atoms with Crippen molar-refractivity contribution >= 4 is 39.1 Å². The van der Waals surface area contributed by atoms with Crippen LogP contribution in [0, 0.1) is 0 Å². The second-order valence-electron chi connectivity index (χ2n) is 11.1. The van der Waals surface area contributed by atoms with Gasteiger partial charge in [-0.2, -0.15) is 13.2 Å². The van der Waals surface area contributed by atoms with Crippen molar-refractivity contribution < 1.29 is 31.1 Å². The molecule has 2 aliphatic rings. The topological polar surface area (TPSA) is 96.5 Å². The summed E-state index contributed by atoms with van der Waals surface area (Å²) in [4.78, 5) is 12.8. The highest BCUT2D eigenvalue weighted by Crippen LogP contribution is 2.35. The van der Waals surface area contributed by atoms with E-state index in [2.05, 4.69) is 15.4 Å². The predicted octanol–water partition coefficient (Wildman–Crippen LogP) is 7.09. The summed E-state index contributed by atoms with van der Waals surface area (Å²) in [5.41, 5.74) is 1.04. The number of benzene rings is 3. The molecule has 13 heteroatoms. The molecule has 2 unspecified atom stereocenters. The zero-order valence-electron chi connectivity index (χ0n) is 23.6. The number of carbonyl (C=O) groups excluding carboxylic acids is 1. The maximum absolute atomic E-state index is 13.4. The van der Waals surface area contributed by atoms with Crippen LogP contribution in [-0.4, -0.2) is 27.0 Å². The summed E-state index contributed by atoms with van der Waals surface area (Å²) < 4.78 is 74.7. The number of halogens is 5. The quantitative estimate of drug-likeness (QED) is 0.214. The zero-order valence-corrected chi connectivity index (χ0v) is 25.9. The van der Waals surface area contributed by atoms with Crippen molar-refractivity contribution in [2.45, 2.75) is 74.3 Å². The number of alkyl halides is 3. The van der Waals surface area contributed by atoms with Gasteiger partial charge in [-0.05, 0) is 66.4 Å². The average molecular weight is 671 g/mol. The summed E-state index contributed by atoms with van der Waals surface area (Å²) in [6.07, 6.45) is 0.224. The molecule has 0 radical (unpaired) electrons. The number of fused-ring (bicyclic) bond motifs is 1. The minimum atomic E-state index is -4.74. The Balaban J connectivity index is 1.33. The van der Waals surface area contributed by atoms with Gasteiger partial charge >= 0.3 is 6.18 Å². The molecule has 1 aliphatic carbocycles. The Kier molecular flexibility index (Phi) is 10.1. The molecule has 3 aromatic carbocycles. The number of rotatable bonds is 10. The van der Waals surface area contributed by atoms with E-state index in [1.807, 2.05) is 18.2 Å². The molecular formula is C31H32Cl2F3N3O4S. The van der Waals surface area contributed by atoms with Crippen LogP contribution < -0.4 is 20.1 Å². The molecule has 0 bridgehead atoms. The lowest BCUT2D eigenvalue weighted by Gasteiger charge is -2.28. The largest absolute Gasteiger partial charge is 0.493 e. The van der Waals surface area contributed by atoms with Crippen LogP contribution in [-0.2, 0) is 27.5 Å². The average Bonchev–Trinajstić information content (AvgIpc) is 3.49. The molecule has 236 valence electrons. The Morgan fingerprint density at radius 1 is 0.977 bits per heavy atom. The molecule has 1 heterocycles. The van der Waals surface area contributed by atoms with Crippen molar-refractivity contribution in [1.29, 1.82) is 0 Å². The fraction of sp³-hybridized carbons (Fsp3) is 0.387. The van der Waals surface area contributed by atoms with Gasteiger partial charge in [-0.1, -0.05) is 54.2 Å². The van der Waals surface area contributed by atoms with Crippen molar-refractivity contribution in [1.82, 2.24) is 15.4 Å². The Morgan fingerprint density at radius 2 is 1.70 bits per heavy atom. The van der Waals surface area contributed by atoms with Crippen LogP contribution in [0.1, 0.15) is 72.9 Å². The van der Waals surface area contributed by atoms with Gasteiger partial charge in [0.05, 0.1) is 29.1 Å². The highest BCUT2D eigenvalue weighted by molar-refractivity contribution is 7.89. The van der Waals surface area contributed by atoms with Crippen molar-refractivity contribution in [3.05, 3.63) is 93.0 Å². The third-order valence-electron chi connectivity index (χ3n) is 7.85. The lowest BCUT2D eigenvalue weighted by Crippen LogP contribution is -2.36. The summed E-state index contributed by atoms with van der Waals surface area (Å²) in [6, 6.07) is 12.6. The Bertz CT molecular complexity index is 1590. The Hall–Kier alpha value is -2.83. The molecule has 0 spiro atoms. The van der Waals surface area contributed by atoms with Crippen LogP contribution in [0.25, 0.3) is 0 Å². The summed E-state index contributed by atoms with van der Waals surface area (Å²) >= 11 is 12.3. The maximum atomic E-state index is 13.4. The van der Waals surface area contributed by atoms with Gasteiger partial charge in [0.2, 0.25) is 15.9 Å². The minimum Gasteiger partial charge on any atom is -0.493 e. The van der Waals surface area contributed by atoms with Crippen LogP contribution in [0.15, 0.2) is 65.6 Å². The minimum absolute atomic E-state index is 0.202. The molecule has 2 atom stereocenters. The van der Waals surface area contributed by atoms with Gasteiger partial charge in [-0.15, -0.1) is 0 Å². The van der Waals surface area contributed by atoms with Crippen LogP contribution in [0.4, 0.5) is 13.2 Å². The van der Waals surface area contributed by atoms with Crippen LogP contribution in [0.5, 0.6) is 5.75 Å². The number of hydrogen-bond acceptors (Lipinski definition) is 5. The number of hydrogen-bond donors (Lipinski definition) is 3. The summed E-state index contributed by atoms with van der Waals surface area (Å²) in [7, 11) is -4.50. The first kappa shape index (κ1) is 32.6. The first-order valence-electron chi connectivity index (χ1n) is 14.3. The molecule has 5 rings (SSSR count). The number of sulfonamides is 1. The van der Waals surface area contributed by atoms with E-state index in [0.29, 0.717) is 37.4 Å². The number of carbonyl (C=O) groups is 1. The van der Waals surface area contributed by atoms with Gasteiger partial charge in [0.1, 0.15) is 5.75 Å². The molecular weight excluding hydrogens is 638 g/mol. The Morgan fingerprint density at radius 3 is 2.41 bits per heavy atom.